The van der Waals surface area contributed by atoms with E-state index in [1.807, 2.05) is 6.07 Å². The standard InChI is InChI=1S/C22H27F3N2O4/c23-22(24,25)12-7-13-26-19(28)14-17-10-5-2-6-11-20(29)31-18(15-27-21(17)30)16-8-3-1-4-9-16/h1-5,8-9,17-18H,6-7,10-15H2,(H,26,28)(H,27,30)/t17-,18-/m0/s1. The van der Waals surface area contributed by atoms with Gasteiger partial charge in [-0.15, -0.1) is 0 Å². The minimum Gasteiger partial charge on any atom is -0.456 e. The molecule has 0 bridgehead atoms. The number of rotatable bonds is 6. The number of amides is 2. The predicted octanol–water partition coefficient (Wildman–Crippen LogP) is 3.59. The van der Waals surface area contributed by atoms with Gasteiger partial charge in [-0.2, -0.15) is 13.2 Å². The summed E-state index contributed by atoms with van der Waals surface area (Å²) < 4.78 is 42.1. The van der Waals surface area contributed by atoms with Gasteiger partial charge in [0.15, 0.2) is 0 Å². The first-order valence-electron chi connectivity index (χ1n) is 10.2. The number of cyclic esters (lactones) is 1. The van der Waals surface area contributed by atoms with E-state index in [1.165, 1.54) is 0 Å². The second-order valence-corrected chi connectivity index (χ2v) is 7.35. The maximum absolute atomic E-state index is 12.7. The van der Waals surface area contributed by atoms with E-state index in [1.54, 1.807) is 36.4 Å². The molecule has 0 unspecified atom stereocenters. The zero-order valence-electron chi connectivity index (χ0n) is 17.1. The van der Waals surface area contributed by atoms with E-state index in [4.69, 9.17) is 4.74 Å². The minimum absolute atomic E-state index is 0.0575. The Kier molecular flexibility index (Phi) is 9.55. The smallest absolute Gasteiger partial charge is 0.389 e. The number of esters is 1. The Morgan fingerprint density at radius 3 is 2.61 bits per heavy atom. The summed E-state index contributed by atoms with van der Waals surface area (Å²) in [5.74, 6) is -1.91. The van der Waals surface area contributed by atoms with Gasteiger partial charge in [0.2, 0.25) is 11.8 Å². The number of hydrogen-bond acceptors (Lipinski definition) is 4. The Labute approximate surface area is 179 Å². The lowest BCUT2D eigenvalue weighted by Gasteiger charge is -2.21. The molecule has 1 aliphatic rings. The molecule has 0 aliphatic carbocycles. The first kappa shape index (κ1) is 24.4. The average molecular weight is 440 g/mol. The van der Waals surface area contributed by atoms with Crippen molar-refractivity contribution in [3.05, 3.63) is 48.0 Å². The van der Waals surface area contributed by atoms with Crippen LogP contribution in [-0.2, 0) is 19.1 Å². The molecule has 2 atom stereocenters. The van der Waals surface area contributed by atoms with Crippen LogP contribution < -0.4 is 10.6 Å². The largest absolute Gasteiger partial charge is 0.456 e. The Morgan fingerprint density at radius 1 is 1.16 bits per heavy atom. The molecule has 170 valence electrons. The van der Waals surface area contributed by atoms with Crippen molar-refractivity contribution in [3.8, 4) is 0 Å². The summed E-state index contributed by atoms with van der Waals surface area (Å²) in [6.45, 7) is -0.0451. The van der Waals surface area contributed by atoms with E-state index >= 15 is 0 Å². The molecule has 31 heavy (non-hydrogen) atoms. The van der Waals surface area contributed by atoms with E-state index in [0.717, 1.165) is 5.56 Å². The summed E-state index contributed by atoms with van der Waals surface area (Å²) in [6, 6.07) is 9.02. The molecule has 2 amide bonds. The SMILES string of the molecule is O=C(C[C@@H]1CC=CCCC(=O)O[C@H](c2ccccc2)CNC1=O)NCCCC(F)(F)F. The quantitative estimate of drug-likeness (QED) is 0.402. The summed E-state index contributed by atoms with van der Waals surface area (Å²) in [6.07, 6.45) is -1.84. The highest BCUT2D eigenvalue weighted by Crippen LogP contribution is 2.21. The minimum atomic E-state index is -4.26. The summed E-state index contributed by atoms with van der Waals surface area (Å²) in [4.78, 5) is 36.9. The number of hydrogen-bond donors (Lipinski definition) is 2. The molecule has 0 saturated carbocycles. The first-order chi connectivity index (χ1) is 14.7. The number of carbonyl (C=O) groups is 3. The molecule has 2 N–H and O–H groups in total. The lowest BCUT2D eigenvalue weighted by atomic mass is 9.98. The maximum atomic E-state index is 12.7. The fourth-order valence-corrected chi connectivity index (χ4v) is 3.13. The third-order valence-corrected chi connectivity index (χ3v) is 4.77. The van der Waals surface area contributed by atoms with Crippen molar-refractivity contribution in [1.29, 1.82) is 0 Å². The molecule has 0 spiro atoms. The Balaban J connectivity index is 1.97. The third-order valence-electron chi connectivity index (χ3n) is 4.77. The molecule has 0 saturated heterocycles. The molecule has 6 nitrogen and oxygen atoms in total. The Morgan fingerprint density at radius 2 is 1.90 bits per heavy atom. The van der Waals surface area contributed by atoms with Gasteiger partial charge in [-0.25, -0.2) is 0 Å². The average Bonchev–Trinajstić information content (AvgIpc) is 2.72. The van der Waals surface area contributed by atoms with Gasteiger partial charge in [0.25, 0.3) is 0 Å². The highest BCUT2D eigenvalue weighted by molar-refractivity contribution is 5.86. The van der Waals surface area contributed by atoms with E-state index in [9.17, 15) is 27.6 Å². The van der Waals surface area contributed by atoms with Crippen LogP contribution in [0.4, 0.5) is 13.2 Å². The predicted molar refractivity (Wildman–Crippen MR) is 108 cm³/mol. The molecule has 1 aliphatic heterocycles. The molecule has 0 aromatic heterocycles. The van der Waals surface area contributed by atoms with E-state index in [-0.39, 0.29) is 50.6 Å². The monoisotopic (exact) mass is 440 g/mol. The van der Waals surface area contributed by atoms with Gasteiger partial charge in [0, 0.05) is 25.8 Å². The molecular formula is C22H27F3N2O4. The molecule has 2 rings (SSSR count). The lowest BCUT2D eigenvalue weighted by molar-refractivity contribution is -0.150. The number of carbonyl (C=O) groups excluding carboxylic acids is 3. The number of alkyl halides is 3. The van der Waals surface area contributed by atoms with E-state index in [2.05, 4.69) is 10.6 Å². The van der Waals surface area contributed by atoms with Gasteiger partial charge in [0.1, 0.15) is 6.10 Å². The van der Waals surface area contributed by atoms with Crippen molar-refractivity contribution < 1.29 is 32.3 Å². The number of ether oxygens (including phenoxy) is 1. The Hall–Kier alpha value is -2.84. The van der Waals surface area contributed by atoms with Crippen LogP contribution in [0, 0.1) is 5.92 Å². The van der Waals surface area contributed by atoms with Crippen LogP contribution >= 0.6 is 0 Å². The number of allylic oxidation sites excluding steroid dienone is 2. The summed E-state index contributed by atoms with van der Waals surface area (Å²) in [5, 5.41) is 5.17. The van der Waals surface area contributed by atoms with Crippen LogP contribution in [0.1, 0.15) is 50.2 Å². The fraction of sp³-hybridized carbons (Fsp3) is 0.500. The lowest BCUT2D eigenvalue weighted by Crippen LogP contribution is -2.37. The van der Waals surface area contributed by atoms with Gasteiger partial charge in [0.05, 0.1) is 12.5 Å². The Bertz CT molecular complexity index is 766. The summed E-state index contributed by atoms with van der Waals surface area (Å²) >= 11 is 0. The van der Waals surface area contributed by atoms with Gasteiger partial charge in [-0.3, -0.25) is 14.4 Å². The topological polar surface area (TPSA) is 84.5 Å². The number of halogens is 3. The second kappa shape index (κ2) is 12.1. The second-order valence-electron chi connectivity index (χ2n) is 7.35. The molecule has 1 aromatic rings. The van der Waals surface area contributed by atoms with Crippen LogP contribution in [0.5, 0.6) is 0 Å². The molecular weight excluding hydrogens is 413 g/mol. The van der Waals surface area contributed by atoms with Crippen LogP contribution in [0.25, 0.3) is 0 Å². The maximum Gasteiger partial charge on any atom is 0.389 e. The van der Waals surface area contributed by atoms with Crippen molar-refractivity contribution in [3.63, 3.8) is 0 Å². The van der Waals surface area contributed by atoms with E-state index < -0.39 is 30.5 Å². The summed E-state index contributed by atoms with van der Waals surface area (Å²) in [7, 11) is 0. The van der Waals surface area contributed by atoms with Crippen molar-refractivity contribution in [2.24, 2.45) is 5.92 Å². The van der Waals surface area contributed by atoms with Crippen LogP contribution in [-0.4, -0.2) is 37.0 Å². The van der Waals surface area contributed by atoms with Gasteiger partial charge in [-0.05, 0) is 24.8 Å². The fourth-order valence-electron chi connectivity index (χ4n) is 3.13. The molecule has 0 radical (unpaired) electrons. The van der Waals surface area contributed by atoms with Crippen molar-refractivity contribution in [2.45, 2.75) is 50.8 Å². The van der Waals surface area contributed by atoms with Crippen LogP contribution in [0.2, 0.25) is 0 Å². The molecule has 0 fully saturated rings. The normalized spacial score (nSPS) is 20.7. The number of nitrogens with one attached hydrogen (secondary N) is 2. The molecule has 1 aromatic carbocycles. The van der Waals surface area contributed by atoms with Gasteiger partial charge in [-0.1, -0.05) is 42.5 Å². The molecule has 9 heteroatoms. The highest BCUT2D eigenvalue weighted by Gasteiger charge is 2.27. The van der Waals surface area contributed by atoms with Gasteiger partial charge < -0.3 is 15.4 Å². The summed E-state index contributed by atoms with van der Waals surface area (Å²) in [5.41, 5.74) is 0.739. The van der Waals surface area contributed by atoms with Crippen molar-refractivity contribution in [2.75, 3.05) is 13.1 Å². The van der Waals surface area contributed by atoms with Crippen LogP contribution in [0.3, 0.4) is 0 Å². The zero-order valence-corrected chi connectivity index (χ0v) is 17.1. The third kappa shape index (κ3) is 9.67. The van der Waals surface area contributed by atoms with Crippen molar-refractivity contribution >= 4 is 17.8 Å². The zero-order chi connectivity index (χ0) is 22.7. The van der Waals surface area contributed by atoms with Gasteiger partial charge >= 0.3 is 12.1 Å². The van der Waals surface area contributed by atoms with Crippen molar-refractivity contribution in [1.82, 2.24) is 10.6 Å². The molecule has 1 heterocycles. The number of benzene rings is 1. The first-order valence-corrected chi connectivity index (χ1v) is 10.2. The highest BCUT2D eigenvalue weighted by atomic mass is 19.4. The van der Waals surface area contributed by atoms with Crippen LogP contribution in [0.15, 0.2) is 42.5 Å². The van der Waals surface area contributed by atoms with E-state index in [0.29, 0.717) is 6.42 Å².